The van der Waals surface area contributed by atoms with Crippen molar-refractivity contribution in [3.05, 3.63) is 59.2 Å². The van der Waals surface area contributed by atoms with Crippen LogP contribution in [0.1, 0.15) is 41.5 Å². The highest BCUT2D eigenvalue weighted by molar-refractivity contribution is 5.85. The Hall–Kier alpha value is -2.53. The number of piperidine rings is 1. The van der Waals surface area contributed by atoms with Gasteiger partial charge in [0.05, 0.1) is 13.1 Å². The maximum atomic E-state index is 12.6. The molecule has 3 heterocycles. The highest BCUT2D eigenvalue weighted by Crippen LogP contribution is 2.35. The van der Waals surface area contributed by atoms with Gasteiger partial charge in [0.1, 0.15) is 11.5 Å². The highest BCUT2D eigenvalue weighted by Gasteiger charge is 2.26. The SMILES string of the molecule is Cc1ccc(CN(C)C(=O)CN2CCC(c3c(C)[nH]c4ccccc34)CC2)o1. The predicted molar refractivity (Wildman–Crippen MR) is 111 cm³/mol. The lowest BCUT2D eigenvalue weighted by atomic mass is 9.87. The number of amides is 1. The summed E-state index contributed by atoms with van der Waals surface area (Å²) in [6.45, 7) is 7.03. The van der Waals surface area contributed by atoms with Crippen LogP contribution in [0.25, 0.3) is 10.9 Å². The fourth-order valence-electron chi connectivity index (χ4n) is 4.41. The van der Waals surface area contributed by atoms with Gasteiger partial charge in [0.25, 0.3) is 0 Å². The average Bonchev–Trinajstić information content (AvgIpc) is 3.24. The fraction of sp³-hybridized carbons (Fsp3) is 0.435. The molecule has 1 N–H and O–H groups in total. The van der Waals surface area contributed by atoms with Crippen LogP contribution in [0.5, 0.6) is 0 Å². The number of likely N-dealkylation sites (tertiary alicyclic amines) is 1. The summed E-state index contributed by atoms with van der Waals surface area (Å²) in [6, 6.07) is 12.4. The summed E-state index contributed by atoms with van der Waals surface area (Å²) in [4.78, 5) is 20.2. The van der Waals surface area contributed by atoms with E-state index in [0.29, 0.717) is 19.0 Å². The predicted octanol–water partition coefficient (Wildman–Crippen LogP) is 4.22. The minimum Gasteiger partial charge on any atom is -0.464 e. The number of carbonyl (C=O) groups is 1. The second-order valence-corrected chi connectivity index (χ2v) is 8.02. The number of nitrogens with one attached hydrogen (secondary N) is 1. The van der Waals surface area contributed by atoms with Gasteiger partial charge in [-0.05, 0) is 69.5 Å². The average molecular weight is 380 g/mol. The molecule has 0 radical (unpaired) electrons. The molecule has 0 saturated carbocycles. The summed E-state index contributed by atoms with van der Waals surface area (Å²) in [6.07, 6.45) is 2.19. The monoisotopic (exact) mass is 379 g/mol. The van der Waals surface area contributed by atoms with Gasteiger partial charge in [-0.25, -0.2) is 0 Å². The van der Waals surface area contributed by atoms with E-state index in [0.717, 1.165) is 37.5 Å². The molecule has 148 valence electrons. The summed E-state index contributed by atoms with van der Waals surface area (Å²) >= 11 is 0. The molecule has 1 aliphatic rings. The van der Waals surface area contributed by atoms with Crippen LogP contribution in [0.3, 0.4) is 0 Å². The maximum Gasteiger partial charge on any atom is 0.236 e. The summed E-state index contributed by atoms with van der Waals surface area (Å²) < 4.78 is 5.59. The number of likely N-dealkylation sites (N-methyl/N-ethyl adjacent to an activating group) is 1. The van der Waals surface area contributed by atoms with Crippen LogP contribution in [0, 0.1) is 13.8 Å². The van der Waals surface area contributed by atoms with Crippen LogP contribution in [-0.2, 0) is 11.3 Å². The normalized spacial score (nSPS) is 16.0. The van der Waals surface area contributed by atoms with Crippen molar-refractivity contribution in [3.63, 3.8) is 0 Å². The summed E-state index contributed by atoms with van der Waals surface area (Å²) in [5, 5.41) is 1.35. The van der Waals surface area contributed by atoms with Crippen LogP contribution in [0.2, 0.25) is 0 Å². The molecule has 1 fully saturated rings. The molecule has 1 saturated heterocycles. The minimum atomic E-state index is 0.149. The van der Waals surface area contributed by atoms with Crippen LogP contribution >= 0.6 is 0 Å². The Morgan fingerprint density at radius 2 is 1.93 bits per heavy atom. The molecule has 0 bridgehead atoms. The number of para-hydroxylation sites is 1. The number of carbonyl (C=O) groups excluding carboxylic acids is 1. The Balaban J connectivity index is 1.33. The number of H-pyrrole nitrogens is 1. The van der Waals surface area contributed by atoms with E-state index in [2.05, 4.69) is 41.1 Å². The summed E-state index contributed by atoms with van der Waals surface area (Å²) in [5.74, 6) is 2.43. The first-order valence-corrected chi connectivity index (χ1v) is 10.1. The summed E-state index contributed by atoms with van der Waals surface area (Å²) in [5.41, 5.74) is 3.97. The van der Waals surface area contributed by atoms with E-state index in [9.17, 15) is 4.79 Å². The Morgan fingerprint density at radius 3 is 2.64 bits per heavy atom. The van der Waals surface area contributed by atoms with Crippen molar-refractivity contribution in [2.75, 3.05) is 26.7 Å². The van der Waals surface area contributed by atoms with E-state index >= 15 is 0 Å². The van der Waals surface area contributed by atoms with E-state index in [1.54, 1.807) is 4.90 Å². The van der Waals surface area contributed by atoms with Crippen LogP contribution in [0.15, 0.2) is 40.8 Å². The standard InChI is InChI=1S/C23H29N3O2/c1-16-8-9-19(28-16)14-25(3)22(27)15-26-12-10-18(11-13-26)23-17(2)24-21-7-5-4-6-20(21)23/h4-9,18,24H,10-15H2,1-3H3. The molecular weight excluding hydrogens is 350 g/mol. The lowest BCUT2D eigenvalue weighted by Gasteiger charge is -2.32. The zero-order chi connectivity index (χ0) is 19.7. The molecule has 0 aliphatic carbocycles. The number of hydrogen-bond acceptors (Lipinski definition) is 3. The number of aryl methyl sites for hydroxylation is 2. The third-order valence-electron chi connectivity index (χ3n) is 5.91. The molecule has 28 heavy (non-hydrogen) atoms. The lowest BCUT2D eigenvalue weighted by Crippen LogP contribution is -2.41. The van der Waals surface area contributed by atoms with Gasteiger partial charge in [-0.2, -0.15) is 0 Å². The fourth-order valence-corrected chi connectivity index (χ4v) is 4.41. The second kappa shape index (κ2) is 7.84. The van der Waals surface area contributed by atoms with Crippen molar-refractivity contribution in [3.8, 4) is 0 Å². The molecule has 3 aromatic rings. The Morgan fingerprint density at radius 1 is 1.18 bits per heavy atom. The van der Waals surface area contributed by atoms with Gasteiger partial charge in [-0.15, -0.1) is 0 Å². The lowest BCUT2D eigenvalue weighted by molar-refractivity contribution is -0.132. The van der Waals surface area contributed by atoms with Crippen LogP contribution in [0.4, 0.5) is 0 Å². The number of nitrogens with zero attached hydrogens (tertiary/aromatic N) is 2. The van der Waals surface area contributed by atoms with Gasteiger partial charge in [-0.3, -0.25) is 9.69 Å². The molecule has 4 rings (SSSR count). The van der Waals surface area contributed by atoms with Crippen LogP contribution < -0.4 is 0 Å². The van der Waals surface area contributed by atoms with Crippen molar-refractivity contribution in [2.24, 2.45) is 0 Å². The van der Waals surface area contributed by atoms with Crippen molar-refractivity contribution >= 4 is 16.8 Å². The van der Waals surface area contributed by atoms with Gasteiger partial charge in [0, 0.05) is 23.6 Å². The maximum absolute atomic E-state index is 12.6. The molecule has 0 atom stereocenters. The van der Waals surface area contributed by atoms with Gasteiger partial charge >= 0.3 is 0 Å². The molecule has 0 unspecified atom stereocenters. The molecule has 1 aromatic carbocycles. The number of rotatable bonds is 5. The van der Waals surface area contributed by atoms with Crippen molar-refractivity contribution < 1.29 is 9.21 Å². The zero-order valence-corrected chi connectivity index (χ0v) is 17.0. The first kappa shape index (κ1) is 18.8. The molecular formula is C23H29N3O2. The van der Waals surface area contributed by atoms with E-state index in [4.69, 9.17) is 4.42 Å². The Kier molecular flexibility index (Phi) is 5.27. The number of hydrogen-bond donors (Lipinski definition) is 1. The minimum absolute atomic E-state index is 0.149. The van der Waals surface area contributed by atoms with Gasteiger partial charge < -0.3 is 14.3 Å². The smallest absolute Gasteiger partial charge is 0.236 e. The van der Waals surface area contributed by atoms with Crippen molar-refractivity contribution in [1.29, 1.82) is 0 Å². The van der Waals surface area contributed by atoms with E-state index in [-0.39, 0.29) is 5.91 Å². The molecule has 0 spiro atoms. The number of aromatic amines is 1. The van der Waals surface area contributed by atoms with E-state index < -0.39 is 0 Å². The van der Waals surface area contributed by atoms with Gasteiger partial charge in [0.15, 0.2) is 0 Å². The second-order valence-electron chi connectivity index (χ2n) is 8.02. The number of furan rings is 1. The largest absolute Gasteiger partial charge is 0.464 e. The van der Waals surface area contributed by atoms with E-state index in [1.807, 2.05) is 26.1 Å². The Labute approximate surface area is 166 Å². The summed E-state index contributed by atoms with van der Waals surface area (Å²) in [7, 11) is 1.85. The molecule has 1 amide bonds. The van der Waals surface area contributed by atoms with Gasteiger partial charge in [-0.1, -0.05) is 18.2 Å². The molecule has 5 nitrogen and oxygen atoms in total. The number of benzene rings is 1. The van der Waals surface area contributed by atoms with Gasteiger partial charge in [0.2, 0.25) is 5.91 Å². The third-order valence-corrected chi connectivity index (χ3v) is 5.91. The number of fused-ring (bicyclic) bond motifs is 1. The van der Waals surface area contributed by atoms with Crippen molar-refractivity contribution in [1.82, 2.24) is 14.8 Å². The van der Waals surface area contributed by atoms with Crippen molar-refractivity contribution in [2.45, 2.75) is 39.2 Å². The van der Waals surface area contributed by atoms with Crippen LogP contribution in [-0.4, -0.2) is 47.4 Å². The molecule has 2 aromatic heterocycles. The van der Waals surface area contributed by atoms with E-state index in [1.165, 1.54) is 22.2 Å². The first-order chi connectivity index (χ1) is 13.5. The first-order valence-electron chi connectivity index (χ1n) is 10.1. The topological polar surface area (TPSA) is 52.5 Å². The zero-order valence-electron chi connectivity index (χ0n) is 17.0. The quantitative estimate of drug-likeness (QED) is 0.722. The number of aromatic nitrogens is 1. The Bertz CT molecular complexity index is 963. The third kappa shape index (κ3) is 3.85. The molecule has 5 heteroatoms. The molecule has 1 aliphatic heterocycles. The highest BCUT2D eigenvalue weighted by atomic mass is 16.3.